The van der Waals surface area contributed by atoms with E-state index < -0.39 is 21.5 Å². The van der Waals surface area contributed by atoms with E-state index in [4.69, 9.17) is 0 Å². The number of para-hydroxylation sites is 1. The number of β-amino-alcohol motifs (C(OH)–C–C–N with tert-alkyl or cyclic N) is 1. The summed E-state index contributed by atoms with van der Waals surface area (Å²) in [6.45, 7) is 5.93. The Kier molecular flexibility index (Phi) is 4.10. The zero-order valence-electron chi connectivity index (χ0n) is 15.5. The van der Waals surface area contributed by atoms with E-state index in [1.807, 2.05) is 51.1 Å². The predicted octanol–water partition coefficient (Wildman–Crippen LogP) is 2.12. The number of aromatic nitrogens is 3. The van der Waals surface area contributed by atoms with Gasteiger partial charge >= 0.3 is 0 Å². The SMILES string of the molecule is Cc1nn(-c2ccccc2)c2ncc(S(=O)(=O)N3C[C@H](O)C(C)(C)C3)cc12. The van der Waals surface area contributed by atoms with Gasteiger partial charge < -0.3 is 5.11 Å². The number of hydrogen-bond donors (Lipinski definition) is 1. The van der Waals surface area contributed by atoms with Crippen LogP contribution in [0.5, 0.6) is 0 Å². The zero-order chi connectivity index (χ0) is 19.4. The topological polar surface area (TPSA) is 88.3 Å². The molecule has 27 heavy (non-hydrogen) atoms. The Balaban J connectivity index is 1.78. The van der Waals surface area contributed by atoms with E-state index in [2.05, 4.69) is 10.1 Å². The molecule has 0 aliphatic carbocycles. The van der Waals surface area contributed by atoms with Gasteiger partial charge in [0.1, 0.15) is 4.90 Å². The molecule has 4 rings (SSSR count). The van der Waals surface area contributed by atoms with Crippen molar-refractivity contribution in [3.63, 3.8) is 0 Å². The third-order valence-electron chi connectivity index (χ3n) is 5.18. The summed E-state index contributed by atoms with van der Waals surface area (Å²) in [4.78, 5) is 4.52. The van der Waals surface area contributed by atoms with Crippen LogP contribution in [0.2, 0.25) is 0 Å². The maximum Gasteiger partial charge on any atom is 0.244 e. The number of sulfonamides is 1. The standard InChI is InChI=1S/C19H22N4O3S/c1-13-16-9-15(27(25,26)22-11-17(24)19(2,3)12-22)10-20-18(16)23(21-13)14-7-5-4-6-8-14/h4-10,17,24H,11-12H2,1-3H3/t17-/m0/s1. The minimum absolute atomic E-state index is 0.0929. The summed E-state index contributed by atoms with van der Waals surface area (Å²) < 4.78 is 29.1. The Bertz CT molecular complexity index is 1110. The Hall–Kier alpha value is -2.29. The molecule has 0 spiro atoms. The van der Waals surface area contributed by atoms with Crippen LogP contribution in [0.25, 0.3) is 16.7 Å². The molecule has 1 saturated heterocycles. The van der Waals surface area contributed by atoms with E-state index >= 15 is 0 Å². The van der Waals surface area contributed by atoms with Gasteiger partial charge in [-0.1, -0.05) is 32.0 Å². The molecular formula is C19H22N4O3S. The van der Waals surface area contributed by atoms with E-state index in [9.17, 15) is 13.5 Å². The number of hydrogen-bond acceptors (Lipinski definition) is 5. The molecule has 1 aromatic carbocycles. The first-order chi connectivity index (χ1) is 12.7. The summed E-state index contributed by atoms with van der Waals surface area (Å²) in [5.74, 6) is 0. The third-order valence-corrected chi connectivity index (χ3v) is 6.96. The Morgan fingerprint density at radius 3 is 2.56 bits per heavy atom. The van der Waals surface area contributed by atoms with Crippen molar-refractivity contribution in [3.05, 3.63) is 48.3 Å². The van der Waals surface area contributed by atoms with Crippen LogP contribution in [0.4, 0.5) is 0 Å². The molecule has 8 heteroatoms. The van der Waals surface area contributed by atoms with Gasteiger partial charge in [0.25, 0.3) is 0 Å². The molecule has 1 aliphatic heterocycles. The number of aryl methyl sites for hydroxylation is 1. The third kappa shape index (κ3) is 2.93. The molecule has 1 atom stereocenters. The lowest BCUT2D eigenvalue weighted by atomic mass is 9.90. The van der Waals surface area contributed by atoms with Crippen molar-refractivity contribution in [1.82, 2.24) is 19.1 Å². The molecule has 0 radical (unpaired) electrons. The fraction of sp³-hybridized carbons (Fsp3) is 0.368. The largest absolute Gasteiger partial charge is 0.391 e. The van der Waals surface area contributed by atoms with E-state index in [1.54, 1.807) is 10.7 Å². The minimum Gasteiger partial charge on any atom is -0.391 e. The molecule has 0 bridgehead atoms. The first-order valence-electron chi connectivity index (χ1n) is 8.79. The lowest BCUT2D eigenvalue weighted by Crippen LogP contribution is -2.30. The lowest BCUT2D eigenvalue weighted by molar-refractivity contribution is 0.0960. The number of pyridine rings is 1. The fourth-order valence-electron chi connectivity index (χ4n) is 3.41. The van der Waals surface area contributed by atoms with E-state index in [-0.39, 0.29) is 18.0 Å². The smallest absolute Gasteiger partial charge is 0.244 e. The van der Waals surface area contributed by atoms with Gasteiger partial charge in [-0.25, -0.2) is 18.1 Å². The van der Waals surface area contributed by atoms with E-state index in [0.29, 0.717) is 16.7 Å². The van der Waals surface area contributed by atoms with Crippen molar-refractivity contribution in [1.29, 1.82) is 0 Å². The molecule has 1 N–H and O–H groups in total. The number of nitrogens with zero attached hydrogens (tertiary/aromatic N) is 4. The van der Waals surface area contributed by atoms with Gasteiger partial charge in [0, 0.05) is 30.1 Å². The van der Waals surface area contributed by atoms with Crippen LogP contribution < -0.4 is 0 Å². The highest BCUT2D eigenvalue weighted by Crippen LogP contribution is 2.34. The van der Waals surface area contributed by atoms with Crippen LogP contribution in [0, 0.1) is 12.3 Å². The molecule has 0 unspecified atom stereocenters. The van der Waals surface area contributed by atoms with Gasteiger partial charge in [-0.05, 0) is 25.1 Å². The second-order valence-electron chi connectivity index (χ2n) is 7.68. The Labute approximate surface area is 158 Å². The van der Waals surface area contributed by atoms with Crippen molar-refractivity contribution < 1.29 is 13.5 Å². The first kappa shape index (κ1) is 18.1. The van der Waals surface area contributed by atoms with Gasteiger partial charge in [0.2, 0.25) is 10.0 Å². The van der Waals surface area contributed by atoms with Gasteiger partial charge in [-0.2, -0.15) is 9.40 Å². The first-order valence-corrected chi connectivity index (χ1v) is 10.2. The van der Waals surface area contributed by atoms with Crippen LogP contribution in [0.3, 0.4) is 0 Å². The molecule has 1 aliphatic rings. The van der Waals surface area contributed by atoms with Crippen molar-refractivity contribution in [2.75, 3.05) is 13.1 Å². The maximum atomic E-state index is 13.0. The Morgan fingerprint density at radius 1 is 1.22 bits per heavy atom. The van der Waals surface area contributed by atoms with Crippen LogP contribution in [-0.2, 0) is 10.0 Å². The number of benzene rings is 1. The highest BCUT2D eigenvalue weighted by Gasteiger charge is 2.43. The molecular weight excluding hydrogens is 364 g/mol. The highest BCUT2D eigenvalue weighted by atomic mass is 32.2. The van der Waals surface area contributed by atoms with Crippen molar-refractivity contribution >= 4 is 21.1 Å². The van der Waals surface area contributed by atoms with Crippen molar-refractivity contribution in [2.45, 2.75) is 31.8 Å². The lowest BCUT2D eigenvalue weighted by Gasteiger charge is -2.21. The summed E-state index contributed by atoms with van der Waals surface area (Å²) in [5, 5.41) is 15.4. The van der Waals surface area contributed by atoms with Crippen LogP contribution in [0.15, 0.2) is 47.5 Å². The average molecular weight is 386 g/mol. The van der Waals surface area contributed by atoms with Crippen LogP contribution in [0.1, 0.15) is 19.5 Å². The molecule has 2 aromatic heterocycles. The molecule has 0 saturated carbocycles. The van der Waals surface area contributed by atoms with Crippen molar-refractivity contribution in [2.24, 2.45) is 5.41 Å². The molecule has 142 valence electrons. The minimum atomic E-state index is -3.73. The number of aliphatic hydroxyl groups excluding tert-OH is 1. The highest BCUT2D eigenvalue weighted by molar-refractivity contribution is 7.89. The number of rotatable bonds is 3. The average Bonchev–Trinajstić information content (AvgIpc) is 3.12. The maximum absolute atomic E-state index is 13.0. The summed E-state index contributed by atoms with van der Waals surface area (Å²) in [5.41, 5.74) is 1.71. The fourth-order valence-corrected chi connectivity index (χ4v) is 5.00. The Morgan fingerprint density at radius 2 is 1.93 bits per heavy atom. The van der Waals surface area contributed by atoms with Crippen molar-refractivity contribution in [3.8, 4) is 5.69 Å². The monoisotopic (exact) mass is 386 g/mol. The second-order valence-corrected chi connectivity index (χ2v) is 9.61. The summed E-state index contributed by atoms with van der Waals surface area (Å²) in [6.07, 6.45) is 0.683. The molecule has 1 fully saturated rings. The molecule has 3 aromatic rings. The molecule has 7 nitrogen and oxygen atoms in total. The quantitative estimate of drug-likeness (QED) is 0.745. The van der Waals surface area contributed by atoms with E-state index in [0.717, 1.165) is 5.69 Å². The van der Waals surface area contributed by atoms with E-state index in [1.165, 1.54) is 10.5 Å². The summed E-state index contributed by atoms with van der Waals surface area (Å²) >= 11 is 0. The molecule has 0 amide bonds. The molecule has 3 heterocycles. The van der Waals surface area contributed by atoms with Gasteiger partial charge in [0.05, 0.1) is 17.5 Å². The number of fused-ring (bicyclic) bond motifs is 1. The van der Waals surface area contributed by atoms with Crippen LogP contribution >= 0.6 is 0 Å². The predicted molar refractivity (Wildman–Crippen MR) is 102 cm³/mol. The normalized spacial score (nSPS) is 20.4. The zero-order valence-corrected chi connectivity index (χ0v) is 16.3. The van der Waals surface area contributed by atoms with Crippen LogP contribution in [-0.4, -0.2) is 51.8 Å². The van der Waals surface area contributed by atoms with Gasteiger partial charge in [-0.15, -0.1) is 0 Å². The summed E-state index contributed by atoms with van der Waals surface area (Å²) in [6, 6.07) is 11.2. The van der Waals surface area contributed by atoms with Gasteiger partial charge in [-0.3, -0.25) is 0 Å². The summed E-state index contributed by atoms with van der Waals surface area (Å²) in [7, 11) is -3.73. The second kappa shape index (κ2) is 6.12. The van der Waals surface area contributed by atoms with Gasteiger partial charge in [0.15, 0.2) is 5.65 Å². The number of aliphatic hydroxyl groups is 1.